The highest BCUT2D eigenvalue weighted by Gasteiger charge is 2.21. The fourth-order valence-corrected chi connectivity index (χ4v) is 3.73. The van der Waals surface area contributed by atoms with Crippen molar-refractivity contribution in [2.45, 2.75) is 25.7 Å². The molecule has 0 atom stereocenters. The maximum absolute atomic E-state index is 13.0. The molecule has 0 saturated carbocycles. The molecule has 1 aliphatic rings. The Balaban J connectivity index is 1.71. The fraction of sp³-hybridized carbons (Fsp3) is 0.286. The summed E-state index contributed by atoms with van der Waals surface area (Å²) in [5, 5.41) is 16.3. The number of nitro benzene ring substituents is 1. The number of benzene rings is 2. The number of hydrogen-bond donors (Lipinski definition) is 2. The Morgan fingerprint density at radius 3 is 2.42 bits per heavy atom. The molecule has 31 heavy (non-hydrogen) atoms. The molecule has 2 aromatic carbocycles. The molecular weight excluding hydrogens is 440 g/mol. The van der Waals surface area contributed by atoms with Crippen LogP contribution < -0.4 is 10.6 Å². The van der Waals surface area contributed by atoms with Crippen LogP contribution in [0, 0.1) is 10.1 Å². The van der Waals surface area contributed by atoms with Crippen LogP contribution in [-0.4, -0.2) is 39.8 Å². The molecule has 0 aliphatic carbocycles. The normalized spacial score (nSPS) is 13.8. The average molecular weight is 461 g/mol. The summed E-state index contributed by atoms with van der Waals surface area (Å²) < 4.78 is 0. The molecule has 1 aliphatic heterocycles. The number of nitrogens with one attached hydrogen (secondary N) is 2. The summed E-state index contributed by atoms with van der Waals surface area (Å²) in [7, 11) is 0. The molecule has 2 aromatic rings. The predicted molar refractivity (Wildman–Crippen MR) is 123 cm³/mol. The number of carbonyl (C=O) groups excluding carboxylic acids is 2. The maximum Gasteiger partial charge on any atom is 0.288 e. The van der Waals surface area contributed by atoms with Gasteiger partial charge in [-0.15, -0.1) is 0 Å². The molecule has 0 bridgehead atoms. The van der Waals surface area contributed by atoms with Crippen LogP contribution in [0.15, 0.2) is 42.5 Å². The van der Waals surface area contributed by atoms with Crippen molar-refractivity contribution in [3.8, 4) is 0 Å². The Bertz CT molecular complexity index is 1020. The Morgan fingerprint density at radius 2 is 1.74 bits per heavy atom. The minimum atomic E-state index is -0.666. The van der Waals surface area contributed by atoms with Crippen LogP contribution in [0.2, 0.25) is 5.02 Å². The minimum absolute atomic E-state index is 0.0290. The van der Waals surface area contributed by atoms with Crippen molar-refractivity contribution in [1.29, 1.82) is 0 Å². The topological polar surface area (TPSA) is 105 Å². The van der Waals surface area contributed by atoms with E-state index in [1.807, 2.05) is 4.90 Å². The van der Waals surface area contributed by atoms with Crippen molar-refractivity contribution < 1.29 is 14.5 Å². The molecule has 0 radical (unpaired) electrons. The first-order valence-corrected chi connectivity index (χ1v) is 10.6. The molecular formula is C21H21ClN4O4S. The third-order valence-corrected chi connectivity index (χ3v) is 5.45. The summed E-state index contributed by atoms with van der Waals surface area (Å²) in [6, 6.07) is 10.7. The SMILES string of the molecule is O=C(NC(=S)Nc1ccccc1C(=O)N1CCCCCC1)c1ccc(Cl)c([N+](=O)[O-])c1. The molecule has 2 amide bonds. The highest BCUT2D eigenvalue weighted by Crippen LogP contribution is 2.25. The average Bonchev–Trinajstić information content (AvgIpc) is 3.03. The molecule has 2 N–H and O–H groups in total. The van der Waals surface area contributed by atoms with E-state index in [0.717, 1.165) is 31.7 Å². The molecule has 0 aromatic heterocycles. The van der Waals surface area contributed by atoms with Gasteiger partial charge in [-0.05, 0) is 49.3 Å². The molecule has 8 nitrogen and oxygen atoms in total. The van der Waals surface area contributed by atoms with Gasteiger partial charge in [0.05, 0.1) is 16.2 Å². The van der Waals surface area contributed by atoms with Crippen LogP contribution in [0.5, 0.6) is 0 Å². The van der Waals surface area contributed by atoms with Crippen molar-refractivity contribution in [1.82, 2.24) is 10.2 Å². The van der Waals surface area contributed by atoms with E-state index in [2.05, 4.69) is 10.6 Å². The van der Waals surface area contributed by atoms with Gasteiger partial charge >= 0.3 is 0 Å². The number of para-hydroxylation sites is 1. The number of nitrogens with zero attached hydrogens (tertiary/aromatic N) is 2. The van der Waals surface area contributed by atoms with Crippen LogP contribution >= 0.6 is 23.8 Å². The zero-order valence-electron chi connectivity index (χ0n) is 16.6. The van der Waals surface area contributed by atoms with Crippen LogP contribution in [0.3, 0.4) is 0 Å². The van der Waals surface area contributed by atoms with Crippen LogP contribution in [0.1, 0.15) is 46.4 Å². The van der Waals surface area contributed by atoms with E-state index in [-0.39, 0.29) is 27.3 Å². The lowest BCUT2D eigenvalue weighted by atomic mass is 10.1. The highest BCUT2D eigenvalue weighted by atomic mass is 35.5. The first-order chi connectivity index (χ1) is 14.9. The number of amides is 2. The van der Waals surface area contributed by atoms with E-state index in [0.29, 0.717) is 24.3 Å². The van der Waals surface area contributed by atoms with Crippen molar-refractivity contribution >= 4 is 52.1 Å². The van der Waals surface area contributed by atoms with Gasteiger partial charge in [-0.3, -0.25) is 25.0 Å². The largest absolute Gasteiger partial charge is 0.339 e. The Labute approximate surface area is 189 Å². The lowest BCUT2D eigenvalue weighted by molar-refractivity contribution is -0.384. The fourth-order valence-electron chi connectivity index (χ4n) is 3.35. The Kier molecular flexibility index (Phi) is 7.54. The summed E-state index contributed by atoms with van der Waals surface area (Å²) in [6.45, 7) is 1.42. The maximum atomic E-state index is 13.0. The molecule has 1 saturated heterocycles. The molecule has 0 spiro atoms. The molecule has 0 unspecified atom stereocenters. The van der Waals surface area contributed by atoms with E-state index in [1.165, 1.54) is 12.1 Å². The first kappa shape index (κ1) is 22.6. The lowest BCUT2D eigenvalue weighted by Crippen LogP contribution is -2.36. The number of hydrogen-bond acceptors (Lipinski definition) is 5. The zero-order chi connectivity index (χ0) is 22.4. The third-order valence-electron chi connectivity index (χ3n) is 4.93. The van der Waals surface area contributed by atoms with Gasteiger partial charge in [-0.25, -0.2) is 0 Å². The highest BCUT2D eigenvalue weighted by molar-refractivity contribution is 7.80. The van der Waals surface area contributed by atoms with Crippen molar-refractivity contribution in [2.24, 2.45) is 0 Å². The van der Waals surface area contributed by atoms with Crippen molar-refractivity contribution in [3.63, 3.8) is 0 Å². The van der Waals surface area contributed by atoms with Gasteiger partial charge in [-0.1, -0.05) is 36.6 Å². The molecule has 1 heterocycles. The zero-order valence-corrected chi connectivity index (χ0v) is 18.2. The van der Waals surface area contributed by atoms with Crippen molar-refractivity contribution in [3.05, 3.63) is 68.7 Å². The number of carbonyl (C=O) groups is 2. The Morgan fingerprint density at radius 1 is 1.06 bits per heavy atom. The van der Waals surface area contributed by atoms with Gasteiger partial charge in [0.1, 0.15) is 5.02 Å². The summed E-state index contributed by atoms with van der Waals surface area (Å²) >= 11 is 11.0. The summed E-state index contributed by atoms with van der Waals surface area (Å²) in [5.41, 5.74) is 0.600. The van der Waals surface area contributed by atoms with E-state index in [1.54, 1.807) is 24.3 Å². The van der Waals surface area contributed by atoms with Gasteiger partial charge in [0.25, 0.3) is 17.5 Å². The van der Waals surface area contributed by atoms with E-state index < -0.39 is 10.8 Å². The summed E-state index contributed by atoms with van der Waals surface area (Å²) in [4.78, 5) is 37.7. The molecule has 1 fully saturated rings. The number of rotatable bonds is 4. The van der Waals surface area contributed by atoms with E-state index >= 15 is 0 Å². The number of halogens is 1. The van der Waals surface area contributed by atoms with Gasteiger partial charge in [0.2, 0.25) is 0 Å². The van der Waals surface area contributed by atoms with Gasteiger partial charge < -0.3 is 10.2 Å². The number of thiocarbonyl (C=S) groups is 1. The predicted octanol–water partition coefficient (Wildman–Crippen LogP) is 4.39. The second kappa shape index (κ2) is 10.3. The summed E-state index contributed by atoms with van der Waals surface area (Å²) in [5.74, 6) is -0.721. The van der Waals surface area contributed by atoms with Crippen LogP contribution in [0.25, 0.3) is 0 Å². The van der Waals surface area contributed by atoms with Gasteiger partial charge in [0.15, 0.2) is 5.11 Å². The second-order valence-electron chi connectivity index (χ2n) is 7.08. The number of likely N-dealkylation sites (tertiary alicyclic amines) is 1. The lowest BCUT2D eigenvalue weighted by Gasteiger charge is -2.22. The second-order valence-corrected chi connectivity index (χ2v) is 7.90. The van der Waals surface area contributed by atoms with Crippen molar-refractivity contribution in [2.75, 3.05) is 18.4 Å². The van der Waals surface area contributed by atoms with E-state index in [9.17, 15) is 19.7 Å². The third kappa shape index (κ3) is 5.77. The minimum Gasteiger partial charge on any atom is -0.339 e. The first-order valence-electron chi connectivity index (χ1n) is 9.81. The number of anilines is 1. The standard InChI is InChI=1S/C21H21ClN4O4S/c22-16-10-9-14(13-18(16)26(29)30)19(27)24-21(31)23-17-8-4-3-7-15(17)20(28)25-11-5-1-2-6-12-25/h3-4,7-10,13H,1-2,5-6,11-12H2,(H2,23,24,27,31). The Hall–Kier alpha value is -3.04. The monoisotopic (exact) mass is 460 g/mol. The quantitative estimate of drug-likeness (QED) is 0.398. The van der Waals surface area contributed by atoms with E-state index in [4.69, 9.17) is 23.8 Å². The number of nitro groups is 1. The van der Waals surface area contributed by atoms with Crippen LogP contribution in [0.4, 0.5) is 11.4 Å². The van der Waals surface area contributed by atoms with Crippen LogP contribution in [-0.2, 0) is 0 Å². The van der Waals surface area contributed by atoms with Gasteiger partial charge in [0, 0.05) is 24.7 Å². The summed E-state index contributed by atoms with van der Waals surface area (Å²) in [6.07, 6.45) is 4.18. The molecule has 10 heteroatoms. The smallest absolute Gasteiger partial charge is 0.288 e. The molecule has 3 rings (SSSR count). The molecule has 162 valence electrons. The van der Waals surface area contributed by atoms with Gasteiger partial charge in [-0.2, -0.15) is 0 Å².